The summed E-state index contributed by atoms with van der Waals surface area (Å²) < 4.78 is 5.38. The van der Waals surface area contributed by atoms with E-state index in [-0.39, 0.29) is 0 Å². The zero-order valence-corrected chi connectivity index (χ0v) is 10.3. The van der Waals surface area contributed by atoms with Crippen molar-refractivity contribution >= 4 is 0 Å². The highest BCUT2D eigenvalue weighted by atomic mass is 16.5. The molecule has 0 unspecified atom stereocenters. The molecule has 92 valence electrons. The van der Waals surface area contributed by atoms with Crippen molar-refractivity contribution in [3.8, 4) is 0 Å². The second kappa shape index (κ2) is 4.66. The van der Waals surface area contributed by atoms with Gasteiger partial charge in [-0.25, -0.2) is 0 Å². The number of rotatable bonds is 2. The summed E-state index contributed by atoms with van der Waals surface area (Å²) in [4.78, 5) is 0. The first kappa shape index (κ1) is 11.0. The number of ether oxygens (including phenoxy) is 1. The van der Waals surface area contributed by atoms with Gasteiger partial charge in [0.25, 0.3) is 0 Å². The van der Waals surface area contributed by atoms with E-state index in [0.717, 1.165) is 25.3 Å². The summed E-state index contributed by atoms with van der Waals surface area (Å²) in [6.45, 7) is 2.09. The zero-order valence-electron chi connectivity index (χ0n) is 10.3. The van der Waals surface area contributed by atoms with Crippen molar-refractivity contribution in [1.29, 1.82) is 0 Å². The van der Waals surface area contributed by atoms with Crippen molar-refractivity contribution < 1.29 is 4.74 Å². The molecule has 1 heterocycles. The maximum atomic E-state index is 5.38. The standard InChI is InChI=1S/C14H25NO/c1-2-4-12(5-3-1)15-13-6-8-14(9-7-13)10-16-11-14/h12-13,15H,1-11H2. The predicted octanol–water partition coefficient (Wildman–Crippen LogP) is 2.87. The van der Waals surface area contributed by atoms with Gasteiger partial charge >= 0.3 is 0 Å². The van der Waals surface area contributed by atoms with Gasteiger partial charge in [-0.1, -0.05) is 19.3 Å². The van der Waals surface area contributed by atoms with Crippen LogP contribution in [0.15, 0.2) is 0 Å². The van der Waals surface area contributed by atoms with Gasteiger partial charge in [0, 0.05) is 17.5 Å². The Balaban J connectivity index is 1.43. The molecule has 1 aliphatic heterocycles. The molecule has 1 N–H and O–H groups in total. The minimum atomic E-state index is 0.616. The molecule has 1 saturated heterocycles. The summed E-state index contributed by atoms with van der Waals surface area (Å²) in [5, 5.41) is 3.90. The fourth-order valence-electron chi connectivity index (χ4n) is 3.68. The smallest absolute Gasteiger partial charge is 0.0544 e. The van der Waals surface area contributed by atoms with E-state index >= 15 is 0 Å². The fraction of sp³-hybridized carbons (Fsp3) is 1.00. The van der Waals surface area contributed by atoms with E-state index in [4.69, 9.17) is 4.74 Å². The van der Waals surface area contributed by atoms with Crippen molar-refractivity contribution in [1.82, 2.24) is 5.32 Å². The summed E-state index contributed by atoms with van der Waals surface area (Å²) in [6.07, 6.45) is 12.8. The quantitative estimate of drug-likeness (QED) is 0.777. The van der Waals surface area contributed by atoms with Crippen molar-refractivity contribution in [3.05, 3.63) is 0 Å². The third-order valence-electron chi connectivity index (χ3n) is 4.94. The van der Waals surface area contributed by atoms with Crippen molar-refractivity contribution in [2.24, 2.45) is 5.41 Å². The topological polar surface area (TPSA) is 21.3 Å². The molecule has 0 amide bonds. The predicted molar refractivity (Wildman–Crippen MR) is 65.5 cm³/mol. The highest BCUT2D eigenvalue weighted by Crippen LogP contribution is 2.42. The number of hydrogen-bond acceptors (Lipinski definition) is 2. The lowest BCUT2D eigenvalue weighted by molar-refractivity contribution is -0.133. The third kappa shape index (κ3) is 2.28. The second-order valence-electron chi connectivity index (χ2n) is 6.27. The van der Waals surface area contributed by atoms with Crippen LogP contribution < -0.4 is 5.32 Å². The van der Waals surface area contributed by atoms with Crippen LogP contribution in [0.25, 0.3) is 0 Å². The van der Waals surface area contributed by atoms with Gasteiger partial charge in [-0.2, -0.15) is 0 Å². The highest BCUT2D eigenvalue weighted by Gasteiger charge is 2.41. The van der Waals surface area contributed by atoms with Gasteiger partial charge in [0.05, 0.1) is 13.2 Å². The maximum absolute atomic E-state index is 5.38. The molecule has 1 spiro atoms. The Morgan fingerprint density at radius 2 is 1.44 bits per heavy atom. The first-order valence-electron chi connectivity index (χ1n) is 7.20. The minimum Gasteiger partial charge on any atom is -0.380 e. The monoisotopic (exact) mass is 223 g/mol. The Labute approximate surface area is 99.1 Å². The first-order chi connectivity index (χ1) is 7.86. The number of hydrogen-bond donors (Lipinski definition) is 1. The summed E-state index contributed by atoms with van der Waals surface area (Å²) in [5.41, 5.74) is 0.616. The lowest BCUT2D eigenvalue weighted by Crippen LogP contribution is -2.49. The Bertz CT molecular complexity index is 221. The molecule has 0 aromatic rings. The highest BCUT2D eigenvalue weighted by molar-refractivity contribution is 4.93. The van der Waals surface area contributed by atoms with Crippen LogP contribution in [0.3, 0.4) is 0 Å². The lowest BCUT2D eigenvalue weighted by atomic mass is 9.71. The molecule has 2 saturated carbocycles. The Hall–Kier alpha value is -0.0800. The molecule has 2 aliphatic carbocycles. The van der Waals surface area contributed by atoms with E-state index < -0.39 is 0 Å². The van der Waals surface area contributed by atoms with E-state index in [9.17, 15) is 0 Å². The molecule has 0 aromatic carbocycles. The van der Waals surface area contributed by atoms with E-state index in [1.807, 2.05) is 0 Å². The van der Waals surface area contributed by atoms with Crippen LogP contribution >= 0.6 is 0 Å². The van der Waals surface area contributed by atoms with Crippen LogP contribution in [0.4, 0.5) is 0 Å². The van der Waals surface area contributed by atoms with Crippen LogP contribution in [0.5, 0.6) is 0 Å². The van der Waals surface area contributed by atoms with E-state index in [1.54, 1.807) is 0 Å². The minimum absolute atomic E-state index is 0.616. The van der Waals surface area contributed by atoms with E-state index in [1.165, 1.54) is 57.8 Å². The summed E-state index contributed by atoms with van der Waals surface area (Å²) in [6, 6.07) is 1.65. The molecule has 3 fully saturated rings. The van der Waals surface area contributed by atoms with Crippen molar-refractivity contribution in [2.75, 3.05) is 13.2 Å². The van der Waals surface area contributed by atoms with Gasteiger partial charge in [-0.05, 0) is 38.5 Å². The lowest BCUT2D eigenvalue weighted by Gasteiger charge is -2.47. The van der Waals surface area contributed by atoms with Crippen LogP contribution in [0.1, 0.15) is 57.8 Å². The molecule has 0 atom stereocenters. The molecule has 3 aliphatic rings. The van der Waals surface area contributed by atoms with E-state index in [2.05, 4.69) is 5.32 Å². The van der Waals surface area contributed by atoms with Crippen molar-refractivity contribution in [2.45, 2.75) is 69.9 Å². The molecule has 0 aromatic heterocycles. The molecular formula is C14H25NO. The van der Waals surface area contributed by atoms with Gasteiger partial charge in [-0.15, -0.1) is 0 Å². The third-order valence-corrected chi connectivity index (χ3v) is 4.94. The molecule has 16 heavy (non-hydrogen) atoms. The average molecular weight is 223 g/mol. The van der Waals surface area contributed by atoms with Crippen LogP contribution in [0, 0.1) is 5.41 Å². The first-order valence-corrected chi connectivity index (χ1v) is 7.20. The number of nitrogens with one attached hydrogen (secondary N) is 1. The summed E-state index contributed by atoms with van der Waals surface area (Å²) >= 11 is 0. The molecule has 3 rings (SSSR count). The van der Waals surface area contributed by atoms with E-state index in [0.29, 0.717) is 5.41 Å². The molecule has 0 bridgehead atoms. The SMILES string of the molecule is C1CCC(NC2CCC3(CC2)COC3)CC1. The molecule has 0 radical (unpaired) electrons. The Morgan fingerprint density at radius 3 is 2.00 bits per heavy atom. The van der Waals surface area contributed by atoms with Crippen LogP contribution in [-0.4, -0.2) is 25.3 Å². The normalized spacial score (nSPS) is 31.5. The van der Waals surface area contributed by atoms with Gasteiger partial charge < -0.3 is 10.1 Å². The largest absolute Gasteiger partial charge is 0.380 e. The summed E-state index contributed by atoms with van der Waals surface area (Å²) in [5.74, 6) is 0. The molecular weight excluding hydrogens is 198 g/mol. The fourth-order valence-corrected chi connectivity index (χ4v) is 3.68. The zero-order chi connectivity index (χ0) is 10.8. The molecule has 2 nitrogen and oxygen atoms in total. The summed E-state index contributed by atoms with van der Waals surface area (Å²) in [7, 11) is 0. The second-order valence-corrected chi connectivity index (χ2v) is 6.27. The van der Waals surface area contributed by atoms with Gasteiger partial charge in [0.15, 0.2) is 0 Å². The Morgan fingerprint density at radius 1 is 0.812 bits per heavy atom. The van der Waals surface area contributed by atoms with Crippen LogP contribution in [-0.2, 0) is 4.74 Å². The molecule has 2 heteroatoms. The maximum Gasteiger partial charge on any atom is 0.0544 e. The Kier molecular flexibility index (Phi) is 3.21. The average Bonchev–Trinajstić information content (AvgIpc) is 2.29. The van der Waals surface area contributed by atoms with Crippen LogP contribution in [0.2, 0.25) is 0 Å². The van der Waals surface area contributed by atoms with Crippen molar-refractivity contribution in [3.63, 3.8) is 0 Å². The van der Waals surface area contributed by atoms with Gasteiger partial charge in [-0.3, -0.25) is 0 Å². The van der Waals surface area contributed by atoms with Gasteiger partial charge in [0.1, 0.15) is 0 Å². The van der Waals surface area contributed by atoms with Gasteiger partial charge in [0.2, 0.25) is 0 Å².